The van der Waals surface area contributed by atoms with E-state index in [4.69, 9.17) is 5.11 Å². The summed E-state index contributed by atoms with van der Waals surface area (Å²) < 4.78 is 0. The maximum absolute atomic E-state index is 10.9. The zero-order chi connectivity index (χ0) is 13.8. The highest BCUT2D eigenvalue weighted by molar-refractivity contribution is 5.67. The Morgan fingerprint density at radius 3 is 2.61 bits per heavy atom. The lowest BCUT2D eigenvalue weighted by Gasteiger charge is -2.35. The summed E-state index contributed by atoms with van der Waals surface area (Å²) in [6.07, 6.45) is 6.52. The fraction of sp³-hybridized carbons (Fsp3) is 0.933. The topological polar surface area (TPSA) is 40.5 Å². The van der Waals surface area contributed by atoms with Gasteiger partial charge in [-0.25, -0.2) is 0 Å². The van der Waals surface area contributed by atoms with Crippen molar-refractivity contribution in [3.63, 3.8) is 0 Å². The lowest BCUT2D eigenvalue weighted by atomic mass is 9.85. The molecule has 1 fully saturated rings. The minimum Gasteiger partial charge on any atom is -0.481 e. The maximum atomic E-state index is 10.9. The van der Waals surface area contributed by atoms with Crippen molar-refractivity contribution in [2.75, 3.05) is 6.54 Å². The lowest BCUT2D eigenvalue weighted by Crippen LogP contribution is -2.42. The van der Waals surface area contributed by atoms with Crippen molar-refractivity contribution in [1.29, 1.82) is 0 Å². The van der Waals surface area contributed by atoms with Crippen molar-refractivity contribution in [2.45, 2.75) is 78.3 Å². The van der Waals surface area contributed by atoms with Gasteiger partial charge in [0.25, 0.3) is 0 Å². The Morgan fingerprint density at radius 2 is 2.06 bits per heavy atom. The zero-order valence-corrected chi connectivity index (χ0v) is 12.4. The van der Waals surface area contributed by atoms with Gasteiger partial charge in [0.15, 0.2) is 0 Å². The number of hydrogen-bond donors (Lipinski definition) is 1. The number of carboxylic acids is 1. The van der Waals surface area contributed by atoms with E-state index in [0.717, 1.165) is 6.54 Å². The molecule has 18 heavy (non-hydrogen) atoms. The summed E-state index contributed by atoms with van der Waals surface area (Å²) in [5.41, 5.74) is 0.462. The lowest BCUT2D eigenvalue weighted by molar-refractivity contribution is -0.138. The number of nitrogens with zero attached hydrogens (tertiary/aromatic N) is 1. The molecule has 1 aliphatic rings. The standard InChI is InChI=1S/C15H29NO2/c1-5-16(12(2)11-14(17)18)13-7-6-9-15(3,4)10-8-13/h12-13H,5-11H2,1-4H3,(H,17,18). The third kappa shape index (κ3) is 4.60. The van der Waals surface area contributed by atoms with Crippen LogP contribution in [0.15, 0.2) is 0 Å². The van der Waals surface area contributed by atoms with Crippen LogP contribution in [-0.4, -0.2) is 34.6 Å². The van der Waals surface area contributed by atoms with Gasteiger partial charge in [0.1, 0.15) is 0 Å². The van der Waals surface area contributed by atoms with Crippen molar-refractivity contribution in [3.8, 4) is 0 Å². The molecule has 0 aliphatic heterocycles. The van der Waals surface area contributed by atoms with Gasteiger partial charge in [0.05, 0.1) is 6.42 Å². The molecule has 106 valence electrons. The molecule has 0 radical (unpaired) electrons. The Balaban J connectivity index is 2.61. The van der Waals surface area contributed by atoms with Gasteiger partial charge in [-0.3, -0.25) is 9.69 Å². The summed E-state index contributed by atoms with van der Waals surface area (Å²) in [4.78, 5) is 13.3. The first-order chi connectivity index (χ1) is 8.35. The fourth-order valence-corrected chi connectivity index (χ4v) is 3.27. The highest BCUT2D eigenvalue weighted by Gasteiger charge is 2.29. The second kappa shape index (κ2) is 6.55. The zero-order valence-electron chi connectivity index (χ0n) is 12.4. The quantitative estimate of drug-likeness (QED) is 0.764. The van der Waals surface area contributed by atoms with Gasteiger partial charge in [0, 0.05) is 12.1 Å². The number of hydrogen-bond acceptors (Lipinski definition) is 2. The first-order valence-corrected chi connectivity index (χ1v) is 7.33. The van der Waals surface area contributed by atoms with E-state index in [0.29, 0.717) is 11.5 Å². The number of carbonyl (C=O) groups is 1. The van der Waals surface area contributed by atoms with Crippen molar-refractivity contribution < 1.29 is 9.90 Å². The van der Waals surface area contributed by atoms with Crippen LogP contribution in [0.3, 0.4) is 0 Å². The van der Waals surface area contributed by atoms with Gasteiger partial charge in [0.2, 0.25) is 0 Å². The Labute approximate surface area is 112 Å². The summed E-state index contributed by atoms with van der Waals surface area (Å²) in [5, 5.41) is 8.94. The van der Waals surface area contributed by atoms with Gasteiger partial charge in [-0.05, 0) is 44.6 Å². The minimum atomic E-state index is -0.685. The van der Waals surface area contributed by atoms with Crippen LogP contribution in [0.5, 0.6) is 0 Å². The molecule has 2 atom stereocenters. The molecule has 1 aliphatic carbocycles. The SMILES string of the molecule is CCN(C(C)CC(=O)O)C1CCCC(C)(C)CC1. The van der Waals surface area contributed by atoms with E-state index >= 15 is 0 Å². The average molecular weight is 255 g/mol. The molecule has 3 nitrogen and oxygen atoms in total. The van der Waals surface area contributed by atoms with Crippen LogP contribution in [0.4, 0.5) is 0 Å². The van der Waals surface area contributed by atoms with E-state index in [1.54, 1.807) is 0 Å². The first kappa shape index (κ1) is 15.5. The molecule has 0 bridgehead atoms. The Hall–Kier alpha value is -0.570. The number of aliphatic carboxylic acids is 1. The van der Waals surface area contributed by atoms with Crippen LogP contribution in [0.25, 0.3) is 0 Å². The summed E-state index contributed by atoms with van der Waals surface area (Å²) in [6.45, 7) is 9.86. The van der Waals surface area contributed by atoms with Gasteiger partial charge < -0.3 is 5.11 Å². The van der Waals surface area contributed by atoms with E-state index in [1.807, 2.05) is 6.92 Å². The summed E-state index contributed by atoms with van der Waals surface area (Å²) in [5.74, 6) is -0.685. The van der Waals surface area contributed by atoms with Crippen molar-refractivity contribution in [1.82, 2.24) is 4.90 Å². The predicted molar refractivity (Wildman–Crippen MR) is 74.7 cm³/mol. The molecule has 0 amide bonds. The van der Waals surface area contributed by atoms with Crippen LogP contribution >= 0.6 is 0 Å². The van der Waals surface area contributed by atoms with Crippen LogP contribution in [-0.2, 0) is 4.79 Å². The van der Waals surface area contributed by atoms with E-state index in [1.165, 1.54) is 32.1 Å². The minimum absolute atomic E-state index is 0.152. The third-order valence-electron chi connectivity index (χ3n) is 4.42. The number of rotatable bonds is 5. The molecule has 0 heterocycles. The smallest absolute Gasteiger partial charge is 0.304 e. The molecule has 0 saturated heterocycles. The molecule has 0 aromatic heterocycles. The summed E-state index contributed by atoms with van der Waals surface area (Å²) in [6, 6.07) is 0.727. The second-order valence-electron chi connectivity index (χ2n) is 6.53. The molecule has 1 N–H and O–H groups in total. The van der Waals surface area contributed by atoms with E-state index in [2.05, 4.69) is 25.7 Å². The Bertz CT molecular complexity index is 276. The average Bonchev–Trinajstić information content (AvgIpc) is 2.40. The Morgan fingerprint density at radius 1 is 1.39 bits per heavy atom. The first-order valence-electron chi connectivity index (χ1n) is 7.33. The highest BCUT2D eigenvalue weighted by Crippen LogP contribution is 2.35. The van der Waals surface area contributed by atoms with E-state index in [9.17, 15) is 4.79 Å². The maximum Gasteiger partial charge on any atom is 0.304 e. The van der Waals surface area contributed by atoms with Gasteiger partial charge in [-0.15, -0.1) is 0 Å². The van der Waals surface area contributed by atoms with Crippen LogP contribution in [0.2, 0.25) is 0 Å². The van der Waals surface area contributed by atoms with Gasteiger partial charge in [-0.1, -0.05) is 27.2 Å². The summed E-state index contributed by atoms with van der Waals surface area (Å²) in [7, 11) is 0. The molecule has 2 unspecified atom stereocenters. The molecule has 3 heteroatoms. The summed E-state index contributed by atoms with van der Waals surface area (Å²) >= 11 is 0. The molecule has 1 rings (SSSR count). The van der Waals surface area contributed by atoms with Crippen molar-refractivity contribution in [2.24, 2.45) is 5.41 Å². The van der Waals surface area contributed by atoms with E-state index in [-0.39, 0.29) is 12.5 Å². The predicted octanol–water partition coefficient (Wildman–Crippen LogP) is 3.53. The van der Waals surface area contributed by atoms with Gasteiger partial charge in [-0.2, -0.15) is 0 Å². The number of carboxylic acid groups (broad SMARTS) is 1. The fourth-order valence-electron chi connectivity index (χ4n) is 3.27. The largest absolute Gasteiger partial charge is 0.481 e. The van der Waals surface area contributed by atoms with E-state index < -0.39 is 5.97 Å². The highest BCUT2D eigenvalue weighted by atomic mass is 16.4. The van der Waals surface area contributed by atoms with Gasteiger partial charge >= 0.3 is 5.97 Å². The molecular formula is C15H29NO2. The van der Waals surface area contributed by atoms with Crippen molar-refractivity contribution in [3.05, 3.63) is 0 Å². The second-order valence-corrected chi connectivity index (χ2v) is 6.53. The monoisotopic (exact) mass is 255 g/mol. The third-order valence-corrected chi connectivity index (χ3v) is 4.42. The van der Waals surface area contributed by atoms with Crippen LogP contribution in [0, 0.1) is 5.41 Å². The normalized spacial score (nSPS) is 25.7. The van der Waals surface area contributed by atoms with Crippen molar-refractivity contribution >= 4 is 5.97 Å². The molecule has 0 aromatic rings. The molecule has 1 saturated carbocycles. The molecular weight excluding hydrogens is 226 g/mol. The molecule has 0 spiro atoms. The Kier molecular flexibility index (Phi) is 5.64. The van der Waals surface area contributed by atoms with Crippen LogP contribution < -0.4 is 0 Å². The van der Waals surface area contributed by atoms with Crippen LogP contribution in [0.1, 0.15) is 66.2 Å². The molecule has 0 aromatic carbocycles.